The van der Waals surface area contributed by atoms with E-state index in [0.29, 0.717) is 5.69 Å². The number of aromatic nitrogens is 3. The van der Waals surface area contributed by atoms with Gasteiger partial charge in [-0.2, -0.15) is 0 Å². The standard InChI is InChI=1S/C17H19N5O2/c23-15-17(9-5-2-6-10-17)18-16(24)21(15)11-13-12-22(20-19-13)14-7-3-1-4-8-14/h1,3-4,7-8,12H,2,5-6,9-11H2,(H,18,24). The fraction of sp³-hybridized carbons (Fsp3) is 0.412. The van der Waals surface area contributed by atoms with Crippen molar-refractivity contribution >= 4 is 11.9 Å². The average Bonchev–Trinajstić information content (AvgIpc) is 3.16. The molecule has 1 saturated heterocycles. The van der Waals surface area contributed by atoms with Crippen molar-refractivity contribution in [1.82, 2.24) is 25.2 Å². The van der Waals surface area contributed by atoms with Crippen LogP contribution in [0.15, 0.2) is 36.5 Å². The number of hydrogen-bond acceptors (Lipinski definition) is 4. The molecule has 124 valence electrons. The lowest BCUT2D eigenvalue weighted by Gasteiger charge is -2.30. The summed E-state index contributed by atoms with van der Waals surface area (Å²) in [4.78, 5) is 26.3. The number of imide groups is 1. The van der Waals surface area contributed by atoms with E-state index in [4.69, 9.17) is 0 Å². The van der Waals surface area contributed by atoms with Crippen molar-refractivity contribution in [2.45, 2.75) is 44.2 Å². The summed E-state index contributed by atoms with van der Waals surface area (Å²) >= 11 is 0. The first-order valence-electron chi connectivity index (χ1n) is 8.29. The zero-order valence-electron chi connectivity index (χ0n) is 13.3. The van der Waals surface area contributed by atoms with Crippen LogP contribution in [-0.4, -0.2) is 37.4 Å². The molecular formula is C17H19N5O2. The second kappa shape index (κ2) is 5.74. The number of carbonyl (C=O) groups excluding carboxylic acids is 2. The van der Waals surface area contributed by atoms with E-state index in [0.717, 1.165) is 37.8 Å². The molecule has 2 aliphatic rings. The van der Waals surface area contributed by atoms with Gasteiger partial charge in [0.25, 0.3) is 5.91 Å². The summed E-state index contributed by atoms with van der Waals surface area (Å²) in [6.45, 7) is 0.152. The third-order valence-corrected chi connectivity index (χ3v) is 4.83. The van der Waals surface area contributed by atoms with Crippen LogP contribution in [-0.2, 0) is 11.3 Å². The van der Waals surface area contributed by atoms with Crippen molar-refractivity contribution in [2.24, 2.45) is 0 Å². The normalized spacial score (nSPS) is 19.8. The second-order valence-corrected chi connectivity index (χ2v) is 6.45. The Kier molecular flexibility index (Phi) is 3.55. The fourth-order valence-corrected chi connectivity index (χ4v) is 3.55. The summed E-state index contributed by atoms with van der Waals surface area (Å²) in [5.41, 5.74) is 0.789. The molecule has 2 heterocycles. The summed E-state index contributed by atoms with van der Waals surface area (Å²) in [7, 11) is 0. The minimum absolute atomic E-state index is 0.124. The van der Waals surface area contributed by atoms with Gasteiger partial charge >= 0.3 is 6.03 Å². The highest BCUT2D eigenvalue weighted by Crippen LogP contribution is 2.34. The number of carbonyl (C=O) groups is 2. The third kappa shape index (κ3) is 2.46. The summed E-state index contributed by atoms with van der Waals surface area (Å²) in [5.74, 6) is -0.124. The lowest BCUT2D eigenvalue weighted by atomic mass is 9.82. The van der Waals surface area contributed by atoms with Crippen molar-refractivity contribution in [1.29, 1.82) is 0 Å². The highest BCUT2D eigenvalue weighted by molar-refractivity contribution is 6.07. The summed E-state index contributed by atoms with van der Waals surface area (Å²) in [6.07, 6.45) is 6.28. The minimum atomic E-state index is -0.690. The number of urea groups is 1. The highest BCUT2D eigenvalue weighted by atomic mass is 16.2. The molecule has 1 saturated carbocycles. The Morgan fingerprint density at radius 2 is 1.83 bits per heavy atom. The first-order chi connectivity index (χ1) is 11.7. The topological polar surface area (TPSA) is 80.1 Å². The van der Waals surface area contributed by atoms with Gasteiger partial charge in [-0.1, -0.05) is 42.7 Å². The molecule has 0 atom stereocenters. The summed E-state index contributed by atoms with van der Waals surface area (Å²) in [6, 6.07) is 9.28. The van der Waals surface area contributed by atoms with Gasteiger partial charge in [-0.25, -0.2) is 9.48 Å². The molecular weight excluding hydrogens is 306 g/mol. The van der Waals surface area contributed by atoms with Gasteiger partial charge in [-0.05, 0) is 25.0 Å². The van der Waals surface area contributed by atoms with Crippen LogP contribution >= 0.6 is 0 Å². The molecule has 7 heteroatoms. The molecule has 7 nitrogen and oxygen atoms in total. The predicted octanol–water partition coefficient (Wildman–Crippen LogP) is 2.02. The first kappa shape index (κ1) is 14.9. The SMILES string of the molecule is O=C1NC2(CCCCC2)C(=O)N1Cc1cn(-c2ccccc2)nn1. The molecule has 1 aliphatic carbocycles. The van der Waals surface area contributed by atoms with E-state index in [-0.39, 0.29) is 18.5 Å². The molecule has 3 amide bonds. The second-order valence-electron chi connectivity index (χ2n) is 6.45. The molecule has 2 fully saturated rings. The molecule has 1 spiro atoms. The Hall–Kier alpha value is -2.70. The number of hydrogen-bond donors (Lipinski definition) is 1. The Morgan fingerprint density at radius 1 is 1.08 bits per heavy atom. The maximum atomic E-state index is 12.8. The molecule has 0 unspecified atom stereocenters. The number of benzene rings is 1. The maximum absolute atomic E-state index is 12.8. The Morgan fingerprint density at radius 3 is 2.58 bits per heavy atom. The van der Waals surface area contributed by atoms with Crippen LogP contribution in [0, 0.1) is 0 Å². The molecule has 1 aliphatic heterocycles. The van der Waals surface area contributed by atoms with Gasteiger partial charge in [-0.15, -0.1) is 5.10 Å². The smallest absolute Gasteiger partial charge is 0.323 e. The van der Waals surface area contributed by atoms with Crippen molar-refractivity contribution in [3.8, 4) is 5.69 Å². The van der Waals surface area contributed by atoms with E-state index in [9.17, 15) is 9.59 Å². The largest absolute Gasteiger partial charge is 0.325 e. The van der Waals surface area contributed by atoms with Crippen molar-refractivity contribution in [3.63, 3.8) is 0 Å². The zero-order chi connectivity index (χ0) is 16.6. The van der Waals surface area contributed by atoms with E-state index in [1.54, 1.807) is 10.9 Å². The van der Waals surface area contributed by atoms with Crippen LogP contribution in [0.3, 0.4) is 0 Å². The van der Waals surface area contributed by atoms with E-state index in [1.807, 2.05) is 30.3 Å². The van der Waals surface area contributed by atoms with Gasteiger partial charge in [0.1, 0.15) is 11.2 Å². The summed E-state index contributed by atoms with van der Waals surface area (Å²) < 4.78 is 1.64. The Balaban J connectivity index is 1.52. The van der Waals surface area contributed by atoms with Crippen molar-refractivity contribution in [2.75, 3.05) is 0 Å². The van der Waals surface area contributed by atoms with Gasteiger partial charge in [0, 0.05) is 0 Å². The molecule has 1 aromatic carbocycles. The molecule has 2 aromatic rings. The lowest BCUT2D eigenvalue weighted by molar-refractivity contribution is -0.132. The zero-order valence-corrected chi connectivity index (χ0v) is 13.3. The van der Waals surface area contributed by atoms with Gasteiger partial charge < -0.3 is 5.32 Å². The minimum Gasteiger partial charge on any atom is -0.323 e. The molecule has 1 N–H and O–H groups in total. The van der Waals surface area contributed by atoms with Gasteiger partial charge in [0.2, 0.25) is 0 Å². The van der Waals surface area contributed by atoms with Crippen LogP contribution < -0.4 is 5.32 Å². The van der Waals surface area contributed by atoms with Gasteiger partial charge in [0.15, 0.2) is 0 Å². The number of nitrogens with one attached hydrogen (secondary N) is 1. The molecule has 1 aromatic heterocycles. The van der Waals surface area contributed by atoms with Crippen LogP contribution in [0.4, 0.5) is 4.79 Å². The Bertz CT molecular complexity index is 764. The number of para-hydroxylation sites is 1. The van der Waals surface area contributed by atoms with Gasteiger partial charge in [-0.3, -0.25) is 9.69 Å². The Labute approximate surface area is 139 Å². The quantitative estimate of drug-likeness (QED) is 0.876. The van der Waals surface area contributed by atoms with Crippen LogP contribution in [0.1, 0.15) is 37.8 Å². The van der Waals surface area contributed by atoms with E-state index in [1.165, 1.54) is 4.90 Å². The average molecular weight is 325 g/mol. The number of rotatable bonds is 3. The number of nitrogens with zero attached hydrogens (tertiary/aromatic N) is 4. The van der Waals surface area contributed by atoms with E-state index in [2.05, 4.69) is 15.6 Å². The molecule has 0 bridgehead atoms. The lowest BCUT2D eigenvalue weighted by Crippen LogP contribution is -2.48. The third-order valence-electron chi connectivity index (χ3n) is 4.83. The predicted molar refractivity (Wildman–Crippen MR) is 86.3 cm³/mol. The van der Waals surface area contributed by atoms with Crippen molar-refractivity contribution in [3.05, 3.63) is 42.2 Å². The van der Waals surface area contributed by atoms with Crippen LogP contribution in [0.25, 0.3) is 5.69 Å². The molecule has 24 heavy (non-hydrogen) atoms. The first-order valence-corrected chi connectivity index (χ1v) is 8.29. The molecule has 4 rings (SSSR count). The summed E-state index contributed by atoms with van der Waals surface area (Å²) in [5, 5.41) is 11.1. The number of amides is 3. The molecule has 0 radical (unpaired) electrons. The maximum Gasteiger partial charge on any atom is 0.325 e. The van der Waals surface area contributed by atoms with E-state index >= 15 is 0 Å². The van der Waals surface area contributed by atoms with Crippen molar-refractivity contribution < 1.29 is 9.59 Å². The van der Waals surface area contributed by atoms with Crippen LogP contribution in [0.2, 0.25) is 0 Å². The van der Waals surface area contributed by atoms with Crippen LogP contribution in [0.5, 0.6) is 0 Å². The monoisotopic (exact) mass is 325 g/mol. The fourth-order valence-electron chi connectivity index (χ4n) is 3.55. The van der Waals surface area contributed by atoms with E-state index < -0.39 is 5.54 Å². The van der Waals surface area contributed by atoms with Gasteiger partial charge in [0.05, 0.1) is 18.4 Å². The highest BCUT2D eigenvalue weighted by Gasteiger charge is 2.51.